The number of nitrogens with zero attached hydrogens (tertiary/aromatic N) is 2. The minimum absolute atomic E-state index is 0.0204. The van der Waals surface area contributed by atoms with Crippen LogP contribution in [0.5, 0.6) is 0 Å². The highest BCUT2D eigenvalue weighted by molar-refractivity contribution is 7.92. The molecule has 40 heavy (non-hydrogen) atoms. The highest BCUT2D eigenvalue weighted by Crippen LogP contribution is 2.30. The van der Waals surface area contributed by atoms with Gasteiger partial charge in [0.05, 0.1) is 10.6 Å². The molecule has 11 heteroatoms. The van der Waals surface area contributed by atoms with Gasteiger partial charge >= 0.3 is 0 Å². The highest BCUT2D eigenvalue weighted by Gasteiger charge is 2.33. The third-order valence-electron chi connectivity index (χ3n) is 6.56. The van der Waals surface area contributed by atoms with E-state index in [2.05, 4.69) is 5.32 Å². The van der Waals surface area contributed by atoms with Crippen LogP contribution in [0.3, 0.4) is 0 Å². The summed E-state index contributed by atoms with van der Waals surface area (Å²) in [4.78, 5) is 28.5. The van der Waals surface area contributed by atoms with Gasteiger partial charge in [-0.05, 0) is 80.8 Å². The Morgan fingerprint density at radius 2 is 1.55 bits per heavy atom. The van der Waals surface area contributed by atoms with E-state index in [0.29, 0.717) is 38.3 Å². The summed E-state index contributed by atoms with van der Waals surface area (Å²) >= 11 is 18.6. The average Bonchev–Trinajstić information content (AvgIpc) is 2.91. The Hall–Kier alpha value is -2.78. The number of anilines is 1. The van der Waals surface area contributed by atoms with Crippen LogP contribution in [0, 0.1) is 6.92 Å². The topological polar surface area (TPSA) is 86.8 Å². The molecule has 0 radical (unpaired) electrons. The molecule has 2 amide bonds. The molecule has 0 aliphatic heterocycles. The number of aryl methyl sites for hydroxylation is 1. The average molecular weight is 625 g/mol. The van der Waals surface area contributed by atoms with E-state index in [1.165, 1.54) is 17.0 Å². The molecular formula is C29H32Cl3N3O4S. The minimum atomic E-state index is -4.17. The van der Waals surface area contributed by atoms with Gasteiger partial charge in [-0.3, -0.25) is 13.9 Å². The molecule has 0 aliphatic rings. The summed E-state index contributed by atoms with van der Waals surface area (Å²) in [5.41, 5.74) is 1.42. The lowest BCUT2D eigenvalue weighted by molar-refractivity contribution is -0.139. The monoisotopic (exact) mass is 623 g/mol. The number of nitrogens with one attached hydrogen (secondary N) is 1. The molecule has 0 aromatic heterocycles. The van der Waals surface area contributed by atoms with Gasteiger partial charge < -0.3 is 10.2 Å². The van der Waals surface area contributed by atoms with Crippen LogP contribution < -0.4 is 9.62 Å². The first-order chi connectivity index (χ1) is 18.8. The zero-order valence-electron chi connectivity index (χ0n) is 22.7. The number of hydrogen-bond donors (Lipinski definition) is 1. The predicted octanol–water partition coefficient (Wildman–Crippen LogP) is 6.48. The van der Waals surface area contributed by atoms with Crippen LogP contribution in [0.2, 0.25) is 15.1 Å². The second-order valence-electron chi connectivity index (χ2n) is 9.51. The number of rotatable bonds is 11. The summed E-state index contributed by atoms with van der Waals surface area (Å²) in [5, 5.41) is 4.07. The van der Waals surface area contributed by atoms with Gasteiger partial charge in [0.15, 0.2) is 0 Å². The first kappa shape index (κ1) is 31.7. The zero-order valence-corrected chi connectivity index (χ0v) is 25.8. The van der Waals surface area contributed by atoms with Gasteiger partial charge in [-0.1, -0.05) is 66.0 Å². The molecule has 1 N–H and O–H groups in total. The minimum Gasteiger partial charge on any atom is -0.352 e. The molecular weight excluding hydrogens is 593 g/mol. The largest absolute Gasteiger partial charge is 0.352 e. The summed E-state index contributed by atoms with van der Waals surface area (Å²) in [6.45, 7) is 6.52. The van der Waals surface area contributed by atoms with E-state index in [1.807, 2.05) is 13.8 Å². The lowest BCUT2D eigenvalue weighted by atomic mass is 10.1. The summed E-state index contributed by atoms with van der Waals surface area (Å²) in [7, 11) is -4.17. The maximum absolute atomic E-state index is 14.0. The number of amides is 2. The first-order valence-electron chi connectivity index (χ1n) is 12.7. The van der Waals surface area contributed by atoms with Crippen LogP contribution in [-0.4, -0.2) is 43.8 Å². The molecule has 0 aliphatic carbocycles. The molecule has 0 heterocycles. The van der Waals surface area contributed by atoms with Gasteiger partial charge in [-0.15, -0.1) is 0 Å². The van der Waals surface area contributed by atoms with E-state index in [9.17, 15) is 18.0 Å². The van der Waals surface area contributed by atoms with Crippen LogP contribution in [0.1, 0.15) is 38.3 Å². The zero-order chi connectivity index (χ0) is 29.6. The molecule has 7 nitrogen and oxygen atoms in total. The van der Waals surface area contributed by atoms with Crippen molar-refractivity contribution in [2.75, 3.05) is 10.8 Å². The second-order valence-corrected chi connectivity index (χ2v) is 12.6. The Kier molecular flexibility index (Phi) is 10.9. The fraction of sp³-hybridized carbons (Fsp3) is 0.310. The molecule has 0 spiro atoms. The molecule has 0 unspecified atom stereocenters. The number of benzene rings is 3. The highest BCUT2D eigenvalue weighted by atomic mass is 35.5. The molecule has 0 saturated carbocycles. The van der Waals surface area contributed by atoms with Crippen molar-refractivity contribution in [1.82, 2.24) is 10.2 Å². The van der Waals surface area contributed by atoms with Crippen molar-refractivity contribution in [3.05, 3.63) is 92.9 Å². The van der Waals surface area contributed by atoms with Crippen LogP contribution in [0.25, 0.3) is 0 Å². The van der Waals surface area contributed by atoms with E-state index in [4.69, 9.17) is 34.8 Å². The van der Waals surface area contributed by atoms with E-state index < -0.39 is 28.5 Å². The van der Waals surface area contributed by atoms with Crippen molar-refractivity contribution in [2.45, 2.75) is 57.6 Å². The quantitative estimate of drug-likeness (QED) is 0.265. The van der Waals surface area contributed by atoms with Gasteiger partial charge in [0.2, 0.25) is 11.8 Å². The summed E-state index contributed by atoms with van der Waals surface area (Å²) in [5.74, 6) is -0.959. The van der Waals surface area contributed by atoms with Gasteiger partial charge in [-0.25, -0.2) is 8.42 Å². The smallest absolute Gasteiger partial charge is 0.264 e. The van der Waals surface area contributed by atoms with Crippen molar-refractivity contribution in [3.63, 3.8) is 0 Å². The molecule has 0 bridgehead atoms. The van der Waals surface area contributed by atoms with E-state index >= 15 is 0 Å². The summed E-state index contributed by atoms with van der Waals surface area (Å²) < 4.78 is 28.8. The van der Waals surface area contributed by atoms with E-state index in [1.54, 1.807) is 68.4 Å². The van der Waals surface area contributed by atoms with Crippen molar-refractivity contribution < 1.29 is 18.0 Å². The predicted molar refractivity (Wildman–Crippen MR) is 162 cm³/mol. The number of carbonyl (C=O) groups excluding carboxylic acids is 2. The lowest BCUT2D eigenvalue weighted by Crippen LogP contribution is -2.52. The maximum atomic E-state index is 14.0. The van der Waals surface area contributed by atoms with Crippen LogP contribution in [-0.2, 0) is 26.2 Å². The van der Waals surface area contributed by atoms with Crippen molar-refractivity contribution in [3.8, 4) is 0 Å². The normalized spacial score (nSPS) is 12.9. The fourth-order valence-electron chi connectivity index (χ4n) is 4.01. The molecule has 214 valence electrons. The molecule has 3 rings (SSSR count). The number of halogens is 3. The van der Waals surface area contributed by atoms with E-state index in [-0.39, 0.29) is 23.4 Å². The van der Waals surface area contributed by atoms with Gasteiger partial charge in [0.25, 0.3) is 10.0 Å². The molecule has 0 fully saturated rings. The Balaban J connectivity index is 2.07. The number of sulfonamides is 1. The standard InChI is InChI=1S/C29H32Cl3N3O4S/c1-5-20(3)33-29(37)21(4)34(17-22-11-12-24(31)16-26(22)32)28(36)18-35(27-14-13-23(30)15-19(27)2)40(38,39)25-9-7-6-8-10-25/h6-16,20-21H,5,17-18H2,1-4H3,(H,33,37)/t20-,21+/m0/s1. The SMILES string of the molecule is CC[C@H](C)NC(=O)[C@@H](C)N(Cc1ccc(Cl)cc1Cl)C(=O)CN(c1ccc(Cl)cc1C)S(=O)(=O)c1ccccc1. The maximum Gasteiger partial charge on any atom is 0.264 e. The van der Waals surface area contributed by atoms with Crippen molar-refractivity contribution in [1.29, 1.82) is 0 Å². The van der Waals surface area contributed by atoms with Gasteiger partial charge in [-0.2, -0.15) is 0 Å². The third kappa shape index (κ3) is 7.69. The van der Waals surface area contributed by atoms with Crippen LogP contribution >= 0.6 is 34.8 Å². The molecule has 2 atom stereocenters. The second kappa shape index (κ2) is 13.7. The molecule has 0 saturated heterocycles. The molecule has 3 aromatic rings. The first-order valence-corrected chi connectivity index (χ1v) is 15.3. The van der Waals surface area contributed by atoms with Gasteiger partial charge in [0.1, 0.15) is 12.6 Å². The Bertz CT molecular complexity index is 1470. The summed E-state index contributed by atoms with van der Waals surface area (Å²) in [6.07, 6.45) is 0.703. The Morgan fingerprint density at radius 1 is 0.925 bits per heavy atom. The Labute approximate surface area is 251 Å². The van der Waals surface area contributed by atoms with E-state index in [0.717, 1.165) is 4.31 Å². The number of carbonyl (C=O) groups is 2. The fourth-order valence-corrected chi connectivity index (χ4v) is 6.21. The third-order valence-corrected chi connectivity index (χ3v) is 9.16. The van der Waals surface area contributed by atoms with Gasteiger partial charge in [0, 0.05) is 27.7 Å². The lowest BCUT2D eigenvalue weighted by Gasteiger charge is -2.33. The Morgan fingerprint density at radius 3 is 2.15 bits per heavy atom. The van der Waals surface area contributed by atoms with Crippen molar-refractivity contribution in [2.24, 2.45) is 0 Å². The summed E-state index contributed by atoms with van der Waals surface area (Å²) in [6, 6.07) is 16.4. The van der Waals surface area contributed by atoms with Crippen LogP contribution in [0.15, 0.2) is 71.6 Å². The van der Waals surface area contributed by atoms with Crippen LogP contribution in [0.4, 0.5) is 5.69 Å². The molecule has 3 aromatic carbocycles. The number of hydrogen-bond acceptors (Lipinski definition) is 4. The van der Waals surface area contributed by atoms with Crippen molar-refractivity contribution >= 4 is 62.3 Å².